The normalized spacial score (nSPS) is 16.8. The fraction of sp³-hybridized carbons (Fsp3) is 0.200. The number of fused-ring (bicyclic) bond motifs is 2. The number of halogens is 1. The smallest absolute Gasteiger partial charge is 0.231 e. The van der Waals surface area contributed by atoms with Crippen molar-refractivity contribution in [1.82, 2.24) is 9.97 Å². The van der Waals surface area contributed by atoms with Gasteiger partial charge in [0.25, 0.3) is 0 Å². The van der Waals surface area contributed by atoms with Crippen LogP contribution in [0.1, 0.15) is 11.4 Å². The van der Waals surface area contributed by atoms with Crippen molar-refractivity contribution in [3.63, 3.8) is 0 Å². The molecule has 5 rings (SSSR count). The van der Waals surface area contributed by atoms with Crippen molar-refractivity contribution in [3.05, 3.63) is 47.2 Å². The van der Waals surface area contributed by atoms with E-state index < -0.39 is 5.92 Å². The first-order valence-corrected chi connectivity index (χ1v) is 10.6. The molecule has 0 spiro atoms. The molecule has 29 heavy (non-hydrogen) atoms. The van der Waals surface area contributed by atoms with E-state index in [1.807, 2.05) is 25.1 Å². The number of anilines is 2. The van der Waals surface area contributed by atoms with Crippen LogP contribution in [-0.4, -0.2) is 28.3 Å². The molecule has 1 atom stereocenters. The molecule has 2 amide bonds. The topological polar surface area (TPSA) is 75.2 Å². The molecule has 146 valence electrons. The Morgan fingerprint density at radius 2 is 2.00 bits per heavy atom. The van der Waals surface area contributed by atoms with Crippen molar-refractivity contribution >= 4 is 65.7 Å². The first-order valence-electron chi connectivity index (χ1n) is 9.01. The summed E-state index contributed by atoms with van der Waals surface area (Å²) in [5.74, 6) is -1.17. The maximum Gasteiger partial charge on any atom is 0.231 e. The lowest BCUT2D eigenvalue weighted by atomic mass is 10.1. The van der Waals surface area contributed by atoms with Gasteiger partial charge in [-0.1, -0.05) is 11.3 Å². The van der Waals surface area contributed by atoms with E-state index in [1.165, 1.54) is 23.5 Å². The molecule has 0 radical (unpaired) electrons. The number of nitrogens with zero attached hydrogens (tertiary/aromatic N) is 3. The number of aromatic nitrogens is 2. The van der Waals surface area contributed by atoms with Gasteiger partial charge in [-0.15, -0.1) is 11.3 Å². The maximum absolute atomic E-state index is 13.3. The predicted molar refractivity (Wildman–Crippen MR) is 113 cm³/mol. The monoisotopic (exact) mass is 426 g/mol. The maximum atomic E-state index is 13.3. The van der Waals surface area contributed by atoms with Crippen molar-refractivity contribution in [1.29, 1.82) is 0 Å². The standard InChI is InChI=1S/C20H15FN4O2S2/c1-10-22-15-8-13(3-5-16(15)28-10)25-9-11(6-18(25)26)19(27)24-20-23-14-4-2-12(21)7-17(14)29-20/h2-5,7-8,11H,6,9H2,1H3,(H,23,24,27). The van der Waals surface area contributed by atoms with E-state index in [-0.39, 0.29) is 24.1 Å². The van der Waals surface area contributed by atoms with Gasteiger partial charge in [0.05, 0.1) is 31.4 Å². The van der Waals surface area contributed by atoms with Crippen LogP contribution in [0.5, 0.6) is 0 Å². The molecule has 1 saturated heterocycles. The minimum Gasteiger partial charge on any atom is -0.312 e. The van der Waals surface area contributed by atoms with Crippen LogP contribution < -0.4 is 10.2 Å². The lowest BCUT2D eigenvalue weighted by molar-refractivity contribution is -0.122. The van der Waals surface area contributed by atoms with Crippen molar-refractivity contribution < 1.29 is 14.0 Å². The average Bonchev–Trinajstić information content (AvgIpc) is 3.35. The van der Waals surface area contributed by atoms with Crippen molar-refractivity contribution in [2.24, 2.45) is 5.92 Å². The van der Waals surface area contributed by atoms with E-state index in [4.69, 9.17) is 0 Å². The zero-order chi connectivity index (χ0) is 20.1. The number of rotatable bonds is 3. The average molecular weight is 426 g/mol. The number of carbonyl (C=O) groups is 2. The van der Waals surface area contributed by atoms with Crippen LogP contribution >= 0.6 is 22.7 Å². The number of carbonyl (C=O) groups excluding carboxylic acids is 2. The highest BCUT2D eigenvalue weighted by Gasteiger charge is 2.35. The van der Waals surface area contributed by atoms with Crippen LogP contribution in [0.4, 0.5) is 15.2 Å². The minimum absolute atomic E-state index is 0.0946. The second-order valence-corrected chi connectivity index (χ2v) is 9.18. The minimum atomic E-state index is -0.473. The molecule has 1 aliphatic rings. The number of aryl methyl sites for hydroxylation is 1. The summed E-state index contributed by atoms with van der Waals surface area (Å²) in [6, 6.07) is 10.0. The van der Waals surface area contributed by atoms with Crippen molar-refractivity contribution in [2.45, 2.75) is 13.3 Å². The lowest BCUT2D eigenvalue weighted by Gasteiger charge is -2.16. The van der Waals surface area contributed by atoms with Gasteiger partial charge < -0.3 is 10.2 Å². The van der Waals surface area contributed by atoms with Gasteiger partial charge in [-0.05, 0) is 43.3 Å². The van der Waals surface area contributed by atoms with Crippen LogP contribution in [0.15, 0.2) is 36.4 Å². The van der Waals surface area contributed by atoms with Crippen LogP contribution in [0.25, 0.3) is 20.4 Å². The number of hydrogen-bond acceptors (Lipinski definition) is 6. The molecule has 1 unspecified atom stereocenters. The molecule has 1 N–H and O–H groups in total. The lowest BCUT2D eigenvalue weighted by Crippen LogP contribution is -2.28. The van der Waals surface area contributed by atoms with Crippen molar-refractivity contribution in [2.75, 3.05) is 16.8 Å². The summed E-state index contributed by atoms with van der Waals surface area (Å²) in [4.78, 5) is 35.6. The van der Waals surface area contributed by atoms with E-state index in [9.17, 15) is 14.0 Å². The van der Waals surface area contributed by atoms with E-state index >= 15 is 0 Å². The number of benzene rings is 2. The Morgan fingerprint density at radius 1 is 1.14 bits per heavy atom. The second-order valence-electron chi connectivity index (χ2n) is 6.91. The fourth-order valence-electron chi connectivity index (χ4n) is 3.49. The van der Waals surface area contributed by atoms with Gasteiger partial charge in [-0.3, -0.25) is 9.59 Å². The molecule has 0 aliphatic carbocycles. The Labute approximate surface area is 173 Å². The third-order valence-corrected chi connectivity index (χ3v) is 6.75. The fourth-order valence-corrected chi connectivity index (χ4v) is 5.19. The molecule has 4 aromatic rings. The number of thiazole rings is 2. The third-order valence-electron chi connectivity index (χ3n) is 4.87. The molecule has 3 heterocycles. The summed E-state index contributed by atoms with van der Waals surface area (Å²) in [6.07, 6.45) is 0.138. The van der Waals surface area contributed by atoms with Gasteiger partial charge in [0.1, 0.15) is 5.82 Å². The molecule has 1 fully saturated rings. The Bertz CT molecular complexity index is 1280. The summed E-state index contributed by atoms with van der Waals surface area (Å²) in [5, 5.41) is 4.15. The van der Waals surface area contributed by atoms with Gasteiger partial charge in [-0.2, -0.15) is 0 Å². The van der Waals surface area contributed by atoms with Gasteiger partial charge in [-0.25, -0.2) is 14.4 Å². The molecule has 2 aromatic carbocycles. The summed E-state index contributed by atoms with van der Waals surface area (Å²) >= 11 is 2.82. The Kier molecular flexibility index (Phi) is 4.29. The zero-order valence-corrected chi connectivity index (χ0v) is 16.9. The van der Waals surface area contributed by atoms with Gasteiger partial charge in [0.2, 0.25) is 11.8 Å². The number of nitrogens with one attached hydrogen (secondary N) is 1. The highest BCUT2D eigenvalue weighted by molar-refractivity contribution is 7.22. The van der Waals surface area contributed by atoms with Gasteiger partial charge >= 0.3 is 0 Å². The highest BCUT2D eigenvalue weighted by Crippen LogP contribution is 2.31. The van der Waals surface area contributed by atoms with Crippen molar-refractivity contribution in [3.8, 4) is 0 Å². The summed E-state index contributed by atoms with van der Waals surface area (Å²) in [5.41, 5.74) is 2.23. The predicted octanol–water partition coefficient (Wildman–Crippen LogP) is 4.35. The molecule has 9 heteroatoms. The molecular formula is C20H15FN4O2S2. The number of hydrogen-bond donors (Lipinski definition) is 1. The molecular weight excluding hydrogens is 411 g/mol. The van der Waals surface area contributed by atoms with Crippen LogP contribution in [0.3, 0.4) is 0 Å². The zero-order valence-electron chi connectivity index (χ0n) is 15.3. The SMILES string of the molecule is Cc1nc2cc(N3CC(C(=O)Nc4nc5ccc(F)cc5s4)CC3=O)ccc2s1. The third kappa shape index (κ3) is 3.36. The Morgan fingerprint density at radius 3 is 2.86 bits per heavy atom. The first-order chi connectivity index (χ1) is 14.0. The van der Waals surface area contributed by atoms with Crippen LogP contribution in [-0.2, 0) is 9.59 Å². The van der Waals surface area contributed by atoms with E-state index in [2.05, 4.69) is 15.3 Å². The first kappa shape index (κ1) is 18.1. The largest absolute Gasteiger partial charge is 0.312 e. The number of amides is 2. The molecule has 6 nitrogen and oxygen atoms in total. The summed E-state index contributed by atoms with van der Waals surface area (Å²) in [6.45, 7) is 2.25. The van der Waals surface area contributed by atoms with Crippen LogP contribution in [0, 0.1) is 18.7 Å². The Balaban J connectivity index is 1.33. The second kappa shape index (κ2) is 6.85. The summed E-state index contributed by atoms with van der Waals surface area (Å²) in [7, 11) is 0. The highest BCUT2D eigenvalue weighted by atomic mass is 32.1. The van der Waals surface area contributed by atoms with E-state index in [0.717, 1.165) is 20.9 Å². The molecule has 0 bridgehead atoms. The van der Waals surface area contributed by atoms with Crippen LogP contribution in [0.2, 0.25) is 0 Å². The molecule has 0 saturated carbocycles. The quantitative estimate of drug-likeness (QED) is 0.529. The van der Waals surface area contributed by atoms with E-state index in [1.54, 1.807) is 22.3 Å². The van der Waals surface area contributed by atoms with E-state index in [0.29, 0.717) is 21.9 Å². The summed E-state index contributed by atoms with van der Waals surface area (Å²) < 4.78 is 15.1. The van der Waals surface area contributed by atoms with Gasteiger partial charge in [0, 0.05) is 18.7 Å². The van der Waals surface area contributed by atoms with Gasteiger partial charge in [0.15, 0.2) is 5.13 Å². The molecule has 2 aromatic heterocycles. The molecule has 1 aliphatic heterocycles. The Hall–Kier alpha value is -2.91.